The van der Waals surface area contributed by atoms with Crippen molar-refractivity contribution in [3.63, 3.8) is 0 Å². The number of hydrogen-bond donors (Lipinski definition) is 1. The summed E-state index contributed by atoms with van der Waals surface area (Å²) >= 11 is 0. The topological polar surface area (TPSA) is 26.0 Å². The lowest BCUT2D eigenvalue weighted by Gasteiger charge is -2.25. The molecule has 0 radical (unpaired) electrons. The van der Waals surface area contributed by atoms with Crippen molar-refractivity contribution in [3.8, 4) is 0 Å². The first-order valence-electron chi connectivity index (χ1n) is 5.42. The Morgan fingerprint density at radius 3 is 2.29 bits per heavy atom. The summed E-state index contributed by atoms with van der Waals surface area (Å²) in [5.41, 5.74) is 8.65. The highest BCUT2D eigenvalue weighted by Crippen LogP contribution is 2.23. The summed E-state index contributed by atoms with van der Waals surface area (Å²) in [7, 11) is 0. The molecule has 0 spiro atoms. The zero-order chi connectivity index (χ0) is 10.6. The Hall–Kier alpha value is -0.820. The summed E-state index contributed by atoms with van der Waals surface area (Å²) in [4.78, 5) is 0. The normalized spacial score (nSPS) is 15.1. The van der Waals surface area contributed by atoms with Gasteiger partial charge in [-0.3, -0.25) is 0 Å². The van der Waals surface area contributed by atoms with Crippen molar-refractivity contribution in [2.24, 2.45) is 5.73 Å². The lowest BCUT2D eigenvalue weighted by molar-refractivity contribution is 0.433. The highest BCUT2D eigenvalue weighted by Gasteiger charge is 2.19. The van der Waals surface area contributed by atoms with Crippen molar-refractivity contribution in [1.82, 2.24) is 0 Å². The summed E-state index contributed by atoms with van der Waals surface area (Å²) in [6, 6.07) is 8.55. The van der Waals surface area contributed by atoms with E-state index in [0.29, 0.717) is 0 Å². The van der Waals surface area contributed by atoms with Crippen molar-refractivity contribution in [3.05, 3.63) is 35.4 Å². The molecule has 0 fully saturated rings. The van der Waals surface area contributed by atoms with E-state index in [4.69, 9.17) is 5.73 Å². The molecule has 1 heteroatoms. The van der Waals surface area contributed by atoms with Gasteiger partial charge >= 0.3 is 0 Å². The van der Waals surface area contributed by atoms with E-state index in [0.717, 1.165) is 6.42 Å². The third-order valence-electron chi connectivity index (χ3n) is 2.76. The smallest absolute Gasteiger partial charge is 0.0381 e. The summed E-state index contributed by atoms with van der Waals surface area (Å²) in [6.07, 6.45) is 3.46. The minimum absolute atomic E-state index is 0.163. The number of hydrogen-bond acceptors (Lipinski definition) is 1. The number of aryl methyl sites for hydroxylation is 1. The largest absolute Gasteiger partial charge is 0.322 e. The van der Waals surface area contributed by atoms with Crippen LogP contribution in [0.1, 0.15) is 44.2 Å². The molecule has 1 aromatic carbocycles. The van der Waals surface area contributed by atoms with Gasteiger partial charge in [-0.2, -0.15) is 0 Å². The van der Waals surface area contributed by atoms with Crippen LogP contribution in [-0.4, -0.2) is 0 Å². The average Bonchev–Trinajstić information content (AvgIpc) is 2.16. The fraction of sp³-hybridized carbons (Fsp3) is 0.538. The second-order valence-electron chi connectivity index (χ2n) is 4.39. The maximum atomic E-state index is 6.27. The van der Waals surface area contributed by atoms with Crippen LogP contribution in [0, 0.1) is 6.92 Å². The molecule has 1 unspecified atom stereocenters. The fourth-order valence-corrected chi connectivity index (χ4v) is 1.62. The molecule has 0 aromatic heterocycles. The fourth-order valence-electron chi connectivity index (χ4n) is 1.62. The van der Waals surface area contributed by atoms with Crippen LogP contribution in [0.4, 0.5) is 0 Å². The molecule has 14 heavy (non-hydrogen) atoms. The van der Waals surface area contributed by atoms with Crippen LogP contribution in [0.25, 0.3) is 0 Å². The van der Waals surface area contributed by atoms with Gasteiger partial charge in [-0.05, 0) is 25.8 Å². The Kier molecular flexibility index (Phi) is 3.70. The lowest BCUT2D eigenvalue weighted by Crippen LogP contribution is -2.32. The van der Waals surface area contributed by atoms with Gasteiger partial charge in [0, 0.05) is 5.54 Å². The highest BCUT2D eigenvalue weighted by atomic mass is 14.7. The Morgan fingerprint density at radius 1 is 1.21 bits per heavy atom. The van der Waals surface area contributed by atoms with E-state index in [1.165, 1.54) is 24.0 Å². The average molecular weight is 191 g/mol. The van der Waals surface area contributed by atoms with Crippen molar-refractivity contribution in [2.75, 3.05) is 0 Å². The lowest BCUT2D eigenvalue weighted by atomic mass is 9.87. The van der Waals surface area contributed by atoms with Crippen LogP contribution >= 0.6 is 0 Å². The number of rotatable bonds is 4. The van der Waals surface area contributed by atoms with Gasteiger partial charge in [0.2, 0.25) is 0 Å². The van der Waals surface area contributed by atoms with E-state index in [2.05, 4.69) is 45.0 Å². The van der Waals surface area contributed by atoms with Gasteiger partial charge in [0.1, 0.15) is 0 Å². The Labute approximate surface area is 87.3 Å². The number of unbranched alkanes of at least 4 members (excludes halogenated alkanes) is 1. The van der Waals surface area contributed by atoms with E-state index in [1.54, 1.807) is 0 Å². The zero-order valence-corrected chi connectivity index (χ0v) is 9.51. The van der Waals surface area contributed by atoms with Crippen LogP contribution in [0.5, 0.6) is 0 Å². The van der Waals surface area contributed by atoms with Crippen molar-refractivity contribution >= 4 is 0 Å². The third kappa shape index (κ3) is 2.85. The molecule has 0 aliphatic carbocycles. The summed E-state index contributed by atoms with van der Waals surface area (Å²) < 4.78 is 0. The highest BCUT2D eigenvalue weighted by molar-refractivity contribution is 5.26. The van der Waals surface area contributed by atoms with Gasteiger partial charge in [0.25, 0.3) is 0 Å². The van der Waals surface area contributed by atoms with Gasteiger partial charge in [0.15, 0.2) is 0 Å². The quantitative estimate of drug-likeness (QED) is 0.776. The number of benzene rings is 1. The molecule has 0 bridgehead atoms. The summed E-state index contributed by atoms with van der Waals surface area (Å²) in [5.74, 6) is 0. The van der Waals surface area contributed by atoms with Crippen LogP contribution < -0.4 is 5.73 Å². The molecule has 0 aliphatic rings. The predicted molar refractivity (Wildman–Crippen MR) is 62.2 cm³/mol. The molecular formula is C13H21N. The van der Waals surface area contributed by atoms with Gasteiger partial charge in [-0.1, -0.05) is 49.6 Å². The molecule has 2 N–H and O–H groups in total. The minimum atomic E-state index is -0.163. The molecule has 0 aliphatic heterocycles. The van der Waals surface area contributed by atoms with E-state index in [9.17, 15) is 0 Å². The molecule has 78 valence electrons. The van der Waals surface area contributed by atoms with E-state index in [1.807, 2.05) is 0 Å². The zero-order valence-electron chi connectivity index (χ0n) is 9.51. The molecule has 0 saturated heterocycles. The first kappa shape index (κ1) is 11.3. The first-order chi connectivity index (χ1) is 6.56. The van der Waals surface area contributed by atoms with E-state index >= 15 is 0 Å². The predicted octanol–water partition coefficient (Wildman–Crippen LogP) is 3.36. The molecule has 1 atom stereocenters. The second kappa shape index (κ2) is 4.61. The Bertz CT molecular complexity index is 272. The molecule has 1 aromatic rings. The molecule has 0 heterocycles. The van der Waals surface area contributed by atoms with E-state index in [-0.39, 0.29) is 5.54 Å². The van der Waals surface area contributed by atoms with Crippen molar-refractivity contribution in [2.45, 2.75) is 45.6 Å². The molecule has 1 rings (SSSR count). The molecule has 0 saturated carbocycles. The molecule has 0 amide bonds. The van der Waals surface area contributed by atoms with Crippen LogP contribution in [0.2, 0.25) is 0 Å². The summed E-state index contributed by atoms with van der Waals surface area (Å²) in [5, 5.41) is 0. The van der Waals surface area contributed by atoms with Gasteiger partial charge in [-0.15, -0.1) is 0 Å². The monoisotopic (exact) mass is 191 g/mol. The molecular weight excluding hydrogens is 170 g/mol. The van der Waals surface area contributed by atoms with Gasteiger partial charge < -0.3 is 5.73 Å². The van der Waals surface area contributed by atoms with Crippen molar-refractivity contribution in [1.29, 1.82) is 0 Å². The summed E-state index contributed by atoms with van der Waals surface area (Å²) in [6.45, 7) is 6.42. The SMILES string of the molecule is CCCCC(C)(N)c1ccc(C)cc1. The maximum Gasteiger partial charge on any atom is 0.0381 e. The van der Waals surface area contributed by atoms with Gasteiger partial charge in [0.05, 0.1) is 0 Å². The Morgan fingerprint density at radius 2 is 1.79 bits per heavy atom. The van der Waals surface area contributed by atoms with Gasteiger partial charge in [-0.25, -0.2) is 0 Å². The maximum absolute atomic E-state index is 6.27. The van der Waals surface area contributed by atoms with Crippen LogP contribution in [0.15, 0.2) is 24.3 Å². The third-order valence-corrected chi connectivity index (χ3v) is 2.76. The molecule has 1 nitrogen and oxygen atoms in total. The van der Waals surface area contributed by atoms with Crippen LogP contribution in [-0.2, 0) is 5.54 Å². The van der Waals surface area contributed by atoms with Crippen LogP contribution in [0.3, 0.4) is 0 Å². The van der Waals surface area contributed by atoms with E-state index < -0.39 is 0 Å². The Balaban J connectivity index is 2.75. The number of nitrogens with two attached hydrogens (primary N) is 1. The van der Waals surface area contributed by atoms with Crippen molar-refractivity contribution < 1.29 is 0 Å². The first-order valence-corrected chi connectivity index (χ1v) is 5.42. The minimum Gasteiger partial charge on any atom is -0.322 e. The second-order valence-corrected chi connectivity index (χ2v) is 4.39. The standard InChI is InChI=1S/C13H21N/c1-4-5-10-13(3,14)12-8-6-11(2)7-9-12/h6-9H,4-5,10,14H2,1-3H3.